The Morgan fingerprint density at radius 1 is 1.13 bits per heavy atom. The molecule has 0 spiro atoms. The van der Waals surface area contributed by atoms with Gasteiger partial charge in [0.2, 0.25) is 5.95 Å². The summed E-state index contributed by atoms with van der Waals surface area (Å²) in [6, 6.07) is 4.03. The molecular weight excluding hydrogens is 496 g/mol. The number of carbonyl (C=O) groups excluding carboxylic acids is 2. The zero-order chi connectivity index (χ0) is 27.3. The van der Waals surface area contributed by atoms with Crippen LogP contribution in [0.2, 0.25) is 0 Å². The SMILES string of the molecule is CC(C)(C)OC(=O)NCC#Cc1ccnc(N2CCN(C(=O)N3N=CCC3c3cc(F)cc(F)c3)CC2)n1. The first-order chi connectivity index (χ1) is 18.1. The van der Waals surface area contributed by atoms with E-state index < -0.39 is 29.4 Å². The molecule has 38 heavy (non-hydrogen) atoms. The molecule has 2 aromatic rings. The molecule has 0 bridgehead atoms. The van der Waals surface area contributed by atoms with Crippen molar-refractivity contribution >= 4 is 24.3 Å². The molecule has 4 rings (SSSR count). The highest BCUT2D eigenvalue weighted by molar-refractivity contribution is 5.78. The van der Waals surface area contributed by atoms with Crippen molar-refractivity contribution in [3.05, 3.63) is 53.4 Å². The predicted octanol–water partition coefficient (Wildman–Crippen LogP) is 3.31. The van der Waals surface area contributed by atoms with E-state index in [1.165, 1.54) is 17.1 Å². The van der Waals surface area contributed by atoms with Crippen LogP contribution in [0.25, 0.3) is 0 Å². The van der Waals surface area contributed by atoms with E-state index in [9.17, 15) is 18.4 Å². The van der Waals surface area contributed by atoms with Gasteiger partial charge in [-0.25, -0.2) is 33.3 Å². The third-order valence-corrected chi connectivity index (χ3v) is 5.71. The Balaban J connectivity index is 1.32. The number of anilines is 1. The summed E-state index contributed by atoms with van der Waals surface area (Å²) in [6.45, 7) is 7.22. The average Bonchev–Trinajstić information content (AvgIpc) is 3.35. The summed E-state index contributed by atoms with van der Waals surface area (Å²) in [5.74, 6) is 4.83. The second-order valence-corrected chi connectivity index (χ2v) is 9.75. The Kier molecular flexibility index (Phi) is 8.05. The fraction of sp³-hybridized carbons (Fsp3) is 0.423. The Hall–Kier alpha value is -4.27. The number of halogens is 2. The van der Waals surface area contributed by atoms with Gasteiger partial charge in [0.15, 0.2) is 0 Å². The first kappa shape index (κ1) is 26.8. The zero-order valence-electron chi connectivity index (χ0n) is 21.4. The number of hydrogen-bond donors (Lipinski definition) is 1. The second-order valence-electron chi connectivity index (χ2n) is 9.75. The number of alkyl carbamates (subject to hydrolysis) is 1. The lowest BCUT2D eigenvalue weighted by molar-refractivity contribution is 0.0535. The molecule has 1 fully saturated rings. The maximum absolute atomic E-state index is 13.7. The molecule has 1 aromatic carbocycles. The number of urea groups is 1. The quantitative estimate of drug-likeness (QED) is 0.617. The lowest BCUT2D eigenvalue weighted by Gasteiger charge is -2.37. The van der Waals surface area contributed by atoms with Crippen molar-refractivity contribution in [1.82, 2.24) is 25.2 Å². The molecule has 1 saturated heterocycles. The average molecular weight is 526 g/mol. The summed E-state index contributed by atoms with van der Waals surface area (Å²) in [6.07, 6.45) is 3.01. The standard InChI is InChI=1S/C26H29F2N7O3/c1-26(2,3)38-24(36)30-8-4-5-21-6-9-29-23(32-21)33-11-13-34(14-12-33)25(37)35-22(7-10-31-35)18-15-19(27)17-20(28)16-18/h6,9-10,15-17,22H,7-8,11-14H2,1-3H3,(H,30,36). The summed E-state index contributed by atoms with van der Waals surface area (Å²) in [5, 5.41) is 8.01. The number of nitrogens with one attached hydrogen (secondary N) is 1. The first-order valence-corrected chi connectivity index (χ1v) is 12.2. The van der Waals surface area contributed by atoms with E-state index in [2.05, 4.69) is 32.2 Å². The Morgan fingerprint density at radius 2 is 1.84 bits per heavy atom. The van der Waals surface area contributed by atoms with E-state index in [-0.39, 0.29) is 12.6 Å². The van der Waals surface area contributed by atoms with Crippen molar-refractivity contribution in [2.75, 3.05) is 37.6 Å². The van der Waals surface area contributed by atoms with Crippen LogP contribution in [0, 0.1) is 23.5 Å². The van der Waals surface area contributed by atoms with Crippen LogP contribution in [-0.2, 0) is 4.74 Å². The summed E-state index contributed by atoms with van der Waals surface area (Å²) in [7, 11) is 0. The fourth-order valence-electron chi connectivity index (χ4n) is 4.02. The molecule has 1 aromatic heterocycles. The highest BCUT2D eigenvalue weighted by Crippen LogP contribution is 2.30. The van der Waals surface area contributed by atoms with E-state index >= 15 is 0 Å². The van der Waals surface area contributed by atoms with Gasteiger partial charge >= 0.3 is 12.1 Å². The monoisotopic (exact) mass is 525 g/mol. The normalized spacial score (nSPS) is 17.2. The van der Waals surface area contributed by atoms with Gasteiger partial charge in [-0.3, -0.25) is 0 Å². The van der Waals surface area contributed by atoms with Crippen molar-refractivity contribution in [2.45, 2.75) is 38.8 Å². The molecule has 12 heteroatoms. The van der Waals surface area contributed by atoms with Crippen LogP contribution in [-0.4, -0.2) is 76.5 Å². The number of nitrogens with zero attached hydrogens (tertiary/aromatic N) is 6. The van der Waals surface area contributed by atoms with Gasteiger partial charge < -0.3 is 19.9 Å². The maximum atomic E-state index is 13.7. The Bertz CT molecular complexity index is 1260. The van der Waals surface area contributed by atoms with Gasteiger partial charge in [-0.1, -0.05) is 5.92 Å². The van der Waals surface area contributed by atoms with Crippen molar-refractivity contribution in [3.8, 4) is 11.8 Å². The van der Waals surface area contributed by atoms with Crippen LogP contribution in [0.3, 0.4) is 0 Å². The smallest absolute Gasteiger partial charge is 0.408 e. The van der Waals surface area contributed by atoms with Crippen LogP contribution in [0.15, 0.2) is 35.6 Å². The molecule has 0 radical (unpaired) electrons. The maximum Gasteiger partial charge on any atom is 0.408 e. The van der Waals surface area contributed by atoms with Gasteiger partial charge in [-0.05, 0) is 50.5 Å². The minimum atomic E-state index is -0.695. The summed E-state index contributed by atoms with van der Waals surface area (Å²) in [4.78, 5) is 37.3. The lowest BCUT2D eigenvalue weighted by Crippen LogP contribution is -2.52. The second kappa shape index (κ2) is 11.4. The van der Waals surface area contributed by atoms with E-state index in [1.54, 1.807) is 44.1 Å². The highest BCUT2D eigenvalue weighted by atomic mass is 19.1. The van der Waals surface area contributed by atoms with Gasteiger partial charge in [0.1, 0.15) is 22.9 Å². The molecule has 1 unspecified atom stereocenters. The summed E-state index contributed by atoms with van der Waals surface area (Å²) < 4.78 is 32.6. The van der Waals surface area contributed by atoms with Gasteiger partial charge in [0, 0.05) is 51.1 Å². The van der Waals surface area contributed by atoms with Crippen molar-refractivity contribution in [2.24, 2.45) is 5.10 Å². The van der Waals surface area contributed by atoms with E-state index in [1.807, 2.05) is 4.90 Å². The number of hydrogen-bond acceptors (Lipinski definition) is 7. The van der Waals surface area contributed by atoms with Crippen LogP contribution in [0.5, 0.6) is 0 Å². The molecule has 2 aliphatic heterocycles. The number of ether oxygens (including phenoxy) is 1. The predicted molar refractivity (Wildman–Crippen MR) is 136 cm³/mol. The number of benzene rings is 1. The first-order valence-electron chi connectivity index (χ1n) is 12.2. The number of aromatic nitrogens is 2. The highest BCUT2D eigenvalue weighted by Gasteiger charge is 2.33. The van der Waals surface area contributed by atoms with Crippen molar-refractivity contribution in [3.63, 3.8) is 0 Å². The number of carbonyl (C=O) groups is 2. The fourth-order valence-corrected chi connectivity index (χ4v) is 4.02. The number of piperazine rings is 1. The molecule has 200 valence electrons. The number of hydrazone groups is 1. The Labute approximate surface area is 219 Å². The number of rotatable bonds is 3. The topological polar surface area (TPSA) is 103 Å². The van der Waals surface area contributed by atoms with Gasteiger partial charge in [-0.15, -0.1) is 0 Å². The molecular formula is C26H29F2N7O3. The molecule has 3 amide bonds. The van der Waals surface area contributed by atoms with E-state index in [4.69, 9.17) is 4.74 Å². The Morgan fingerprint density at radius 3 is 2.53 bits per heavy atom. The summed E-state index contributed by atoms with van der Waals surface area (Å²) >= 11 is 0. The van der Waals surface area contributed by atoms with Crippen LogP contribution < -0.4 is 10.2 Å². The van der Waals surface area contributed by atoms with Crippen molar-refractivity contribution < 1.29 is 23.1 Å². The third-order valence-electron chi connectivity index (χ3n) is 5.71. The summed E-state index contributed by atoms with van der Waals surface area (Å²) in [5.41, 5.74) is 0.272. The number of amides is 3. The molecule has 0 aliphatic carbocycles. The molecule has 0 saturated carbocycles. The van der Waals surface area contributed by atoms with Gasteiger partial charge in [0.05, 0.1) is 12.6 Å². The van der Waals surface area contributed by atoms with Crippen molar-refractivity contribution in [1.29, 1.82) is 0 Å². The molecule has 1 atom stereocenters. The van der Waals surface area contributed by atoms with E-state index in [0.717, 1.165) is 6.07 Å². The third kappa shape index (κ3) is 6.94. The van der Waals surface area contributed by atoms with Crippen LogP contribution in [0.4, 0.5) is 24.3 Å². The minimum absolute atomic E-state index is 0.108. The minimum Gasteiger partial charge on any atom is -0.444 e. The molecule has 3 heterocycles. The van der Waals surface area contributed by atoms with Crippen LogP contribution >= 0.6 is 0 Å². The molecule has 10 nitrogen and oxygen atoms in total. The molecule has 1 N–H and O–H groups in total. The van der Waals surface area contributed by atoms with E-state index in [0.29, 0.717) is 49.8 Å². The van der Waals surface area contributed by atoms with Crippen LogP contribution in [0.1, 0.15) is 44.5 Å². The van der Waals surface area contributed by atoms with Gasteiger partial charge in [0.25, 0.3) is 0 Å². The largest absolute Gasteiger partial charge is 0.444 e. The van der Waals surface area contributed by atoms with Gasteiger partial charge in [-0.2, -0.15) is 5.10 Å². The lowest BCUT2D eigenvalue weighted by atomic mass is 10.0. The zero-order valence-corrected chi connectivity index (χ0v) is 21.4. The molecule has 2 aliphatic rings.